The number of nitrogens with one attached hydrogen (secondary N) is 1. The highest BCUT2D eigenvalue weighted by atomic mass is 15.0. The number of rotatable bonds is 5. The van der Waals surface area contributed by atoms with Crippen LogP contribution in [0.25, 0.3) is 0 Å². The second-order valence-corrected chi connectivity index (χ2v) is 5.11. The number of nitrogens with two attached hydrogens (primary N) is 1. The third kappa shape index (κ3) is 1.96. The van der Waals surface area contributed by atoms with Gasteiger partial charge in [0, 0.05) is 18.1 Å². The summed E-state index contributed by atoms with van der Waals surface area (Å²) in [5, 5.41) is 3.87. The molecule has 2 fully saturated rings. The molecule has 1 unspecified atom stereocenters. The van der Waals surface area contributed by atoms with Crippen molar-refractivity contribution in [3.05, 3.63) is 0 Å². The van der Waals surface area contributed by atoms with Crippen LogP contribution in [0.15, 0.2) is 0 Å². The van der Waals surface area contributed by atoms with Gasteiger partial charge < -0.3 is 11.1 Å². The zero-order chi connectivity index (χ0) is 10.0. The molecule has 3 N–H and O–H groups in total. The molecule has 14 heavy (non-hydrogen) atoms. The first kappa shape index (κ1) is 10.4. The fourth-order valence-electron chi connectivity index (χ4n) is 2.99. The molecule has 0 heterocycles. The molecule has 1 atom stereocenters. The highest BCUT2D eigenvalue weighted by molar-refractivity contribution is 5.02. The van der Waals surface area contributed by atoms with E-state index in [0.717, 1.165) is 18.5 Å². The second-order valence-electron chi connectivity index (χ2n) is 5.11. The van der Waals surface area contributed by atoms with E-state index >= 15 is 0 Å². The highest BCUT2D eigenvalue weighted by Gasteiger charge is 2.43. The largest absolute Gasteiger partial charge is 0.329 e. The lowest BCUT2D eigenvalue weighted by molar-refractivity contribution is 0.246. The minimum absolute atomic E-state index is 0.287. The van der Waals surface area contributed by atoms with E-state index in [0.29, 0.717) is 0 Å². The van der Waals surface area contributed by atoms with E-state index in [1.807, 2.05) is 0 Å². The topological polar surface area (TPSA) is 38.0 Å². The first-order chi connectivity index (χ1) is 6.80. The Morgan fingerprint density at radius 2 is 1.86 bits per heavy atom. The molecule has 0 aliphatic heterocycles. The Morgan fingerprint density at radius 1 is 1.21 bits per heavy atom. The van der Waals surface area contributed by atoms with Crippen molar-refractivity contribution in [1.29, 1.82) is 0 Å². The summed E-state index contributed by atoms with van der Waals surface area (Å²) >= 11 is 0. The first-order valence-corrected chi connectivity index (χ1v) is 6.28. The first-order valence-electron chi connectivity index (χ1n) is 6.28. The summed E-state index contributed by atoms with van der Waals surface area (Å²) in [5.74, 6) is 0.873. The number of hydrogen-bond acceptors (Lipinski definition) is 2. The molecule has 82 valence electrons. The quantitative estimate of drug-likeness (QED) is 0.706. The third-order valence-electron chi connectivity index (χ3n) is 4.20. The fraction of sp³-hybridized carbons (Fsp3) is 1.00. The van der Waals surface area contributed by atoms with Gasteiger partial charge in [-0.1, -0.05) is 19.8 Å². The van der Waals surface area contributed by atoms with Crippen LogP contribution in [-0.4, -0.2) is 18.1 Å². The van der Waals surface area contributed by atoms with Gasteiger partial charge in [0.15, 0.2) is 0 Å². The molecular weight excluding hydrogens is 172 g/mol. The molecular formula is C12H24N2. The van der Waals surface area contributed by atoms with Crippen LogP contribution in [0, 0.1) is 5.92 Å². The molecule has 2 saturated carbocycles. The summed E-state index contributed by atoms with van der Waals surface area (Å²) in [6, 6.07) is 0.763. The molecule has 2 rings (SSSR count). The van der Waals surface area contributed by atoms with Gasteiger partial charge >= 0.3 is 0 Å². The van der Waals surface area contributed by atoms with Crippen LogP contribution in [0.1, 0.15) is 51.9 Å². The van der Waals surface area contributed by atoms with E-state index in [4.69, 9.17) is 5.73 Å². The molecule has 2 aliphatic carbocycles. The van der Waals surface area contributed by atoms with Gasteiger partial charge in [-0.3, -0.25) is 0 Å². The molecule has 0 radical (unpaired) electrons. The summed E-state index contributed by atoms with van der Waals surface area (Å²) in [7, 11) is 0. The molecule has 0 aromatic rings. The smallest absolute Gasteiger partial charge is 0.0332 e. The van der Waals surface area contributed by atoms with Gasteiger partial charge in [0.2, 0.25) is 0 Å². The Hall–Kier alpha value is -0.0800. The standard InChI is InChI=1S/C12H24N2/c1-2-12(9-13,10-7-8-10)14-11-5-3-4-6-11/h10-11,14H,2-9,13H2,1H3. The van der Waals surface area contributed by atoms with Crippen molar-refractivity contribution in [2.45, 2.75) is 63.5 Å². The van der Waals surface area contributed by atoms with Crippen LogP contribution >= 0.6 is 0 Å². The van der Waals surface area contributed by atoms with Crippen molar-refractivity contribution in [2.24, 2.45) is 11.7 Å². The summed E-state index contributed by atoms with van der Waals surface area (Å²) in [6.45, 7) is 3.11. The zero-order valence-corrected chi connectivity index (χ0v) is 9.39. The molecule has 0 amide bonds. The lowest BCUT2D eigenvalue weighted by Crippen LogP contribution is -2.56. The van der Waals surface area contributed by atoms with Crippen LogP contribution in [0.3, 0.4) is 0 Å². The van der Waals surface area contributed by atoms with Gasteiger partial charge in [-0.15, -0.1) is 0 Å². The average molecular weight is 196 g/mol. The maximum atomic E-state index is 5.97. The lowest BCUT2D eigenvalue weighted by Gasteiger charge is -2.36. The maximum Gasteiger partial charge on any atom is 0.0332 e. The van der Waals surface area contributed by atoms with E-state index in [2.05, 4.69) is 12.2 Å². The van der Waals surface area contributed by atoms with Crippen molar-refractivity contribution < 1.29 is 0 Å². The SMILES string of the molecule is CCC(CN)(NC1CCCC1)C1CC1. The third-order valence-corrected chi connectivity index (χ3v) is 4.20. The van der Waals surface area contributed by atoms with E-state index in [1.165, 1.54) is 44.9 Å². The Balaban J connectivity index is 1.94. The van der Waals surface area contributed by atoms with E-state index in [1.54, 1.807) is 0 Å². The van der Waals surface area contributed by atoms with Gasteiger partial charge in [-0.2, -0.15) is 0 Å². The Labute approximate surface area is 87.6 Å². The molecule has 0 aromatic carbocycles. The summed E-state index contributed by atoms with van der Waals surface area (Å²) in [5.41, 5.74) is 6.26. The highest BCUT2D eigenvalue weighted by Crippen LogP contribution is 2.42. The predicted molar refractivity (Wildman–Crippen MR) is 60.2 cm³/mol. The van der Waals surface area contributed by atoms with Crippen molar-refractivity contribution >= 4 is 0 Å². The molecule has 2 aliphatic rings. The average Bonchev–Trinajstić information content (AvgIpc) is 2.95. The number of hydrogen-bond donors (Lipinski definition) is 2. The summed E-state index contributed by atoms with van der Waals surface area (Å²) < 4.78 is 0. The van der Waals surface area contributed by atoms with Crippen molar-refractivity contribution in [1.82, 2.24) is 5.32 Å². The second kappa shape index (κ2) is 4.19. The van der Waals surface area contributed by atoms with Crippen LogP contribution in [0.5, 0.6) is 0 Å². The van der Waals surface area contributed by atoms with Crippen LogP contribution in [0.2, 0.25) is 0 Å². The normalized spacial score (nSPS) is 27.9. The van der Waals surface area contributed by atoms with Crippen molar-refractivity contribution in [3.63, 3.8) is 0 Å². The Bertz CT molecular complexity index is 177. The molecule has 0 saturated heterocycles. The molecule has 2 nitrogen and oxygen atoms in total. The predicted octanol–water partition coefficient (Wildman–Crippen LogP) is 2.04. The van der Waals surface area contributed by atoms with E-state index in [-0.39, 0.29) is 5.54 Å². The molecule has 0 bridgehead atoms. The molecule has 2 heteroatoms. The van der Waals surface area contributed by atoms with Gasteiger partial charge in [0.25, 0.3) is 0 Å². The van der Waals surface area contributed by atoms with Crippen LogP contribution in [-0.2, 0) is 0 Å². The van der Waals surface area contributed by atoms with Gasteiger partial charge in [-0.05, 0) is 38.0 Å². The van der Waals surface area contributed by atoms with Crippen LogP contribution < -0.4 is 11.1 Å². The van der Waals surface area contributed by atoms with Gasteiger partial charge in [-0.25, -0.2) is 0 Å². The summed E-state index contributed by atoms with van der Waals surface area (Å²) in [6.07, 6.45) is 9.54. The van der Waals surface area contributed by atoms with Gasteiger partial charge in [0.1, 0.15) is 0 Å². The van der Waals surface area contributed by atoms with E-state index in [9.17, 15) is 0 Å². The Morgan fingerprint density at radius 3 is 2.29 bits per heavy atom. The van der Waals surface area contributed by atoms with Gasteiger partial charge in [0.05, 0.1) is 0 Å². The zero-order valence-electron chi connectivity index (χ0n) is 9.39. The monoisotopic (exact) mass is 196 g/mol. The minimum Gasteiger partial charge on any atom is -0.329 e. The van der Waals surface area contributed by atoms with Crippen LogP contribution in [0.4, 0.5) is 0 Å². The van der Waals surface area contributed by atoms with Crippen molar-refractivity contribution in [2.75, 3.05) is 6.54 Å². The molecule has 0 aromatic heterocycles. The maximum absolute atomic E-state index is 5.97. The Kier molecular flexibility index (Phi) is 3.13. The fourth-order valence-corrected chi connectivity index (χ4v) is 2.99. The summed E-state index contributed by atoms with van der Waals surface area (Å²) in [4.78, 5) is 0. The van der Waals surface area contributed by atoms with E-state index < -0.39 is 0 Å². The molecule has 0 spiro atoms. The van der Waals surface area contributed by atoms with Crippen molar-refractivity contribution in [3.8, 4) is 0 Å². The minimum atomic E-state index is 0.287. The lowest BCUT2D eigenvalue weighted by atomic mass is 9.89.